The standard InChI is InChI=1S/C11H15N5O4/c1-16-5-4-14-10(16)11(20)15-6(8(12)18)2-3-7(17)9(13)19/h4-6H,2-3H2,1H3,(H2,12,18)(H2,13,19)(H,15,20). The fourth-order valence-corrected chi connectivity index (χ4v) is 1.49. The minimum atomic E-state index is -1.09. The van der Waals surface area contributed by atoms with Gasteiger partial charge in [0.25, 0.3) is 11.8 Å². The average Bonchev–Trinajstić information content (AvgIpc) is 2.79. The van der Waals surface area contributed by atoms with E-state index in [1.54, 1.807) is 13.2 Å². The normalized spacial score (nSPS) is 11.7. The van der Waals surface area contributed by atoms with E-state index in [-0.39, 0.29) is 18.7 Å². The number of carbonyl (C=O) groups excluding carboxylic acids is 4. The largest absolute Gasteiger partial charge is 0.368 e. The molecule has 108 valence electrons. The number of aryl methyl sites for hydroxylation is 1. The van der Waals surface area contributed by atoms with Gasteiger partial charge in [0.05, 0.1) is 0 Å². The summed E-state index contributed by atoms with van der Waals surface area (Å²) in [6, 6.07) is -1.08. The van der Waals surface area contributed by atoms with Gasteiger partial charge in [-0.2, -0.15) is 0 Å². The van der Waals surface area contributed by atoms with Gasteiger partial charge in [-0.15, -0.1) is 0 Å². The van der Waals surface area contributed by atoms with Gasteiger partial charge >= 0.3 is 0 Å². The first-order chi connectivity index (χ1) is 9.32. The molecule has 1 aromatic rings. The zero-order chi connectivity index (χ0) is 15.3. The van der Waals surface area contributed by atoms with E-state index >= 15 is 0 Å². The van der Waals surface area contributed by atoms with Crippen molar-refractivity contribution in [3.8, 4) is 0 Å². The predicted molar refractivity (Wildman–Crippen MR) is 67.1 cm³/mol. The molecule has 1 aromatic heterocycles. The molecule has 0 fully saturated rings. The number of ketones is 1. The number of rotatable bonds is 7. The molecule has 9 nitrogen and oxygen atoms in total. The van der Waals surface area contributed by atoms with Gasteiger partial charge < -0.3 is 21.4 Å². The van der Waals surface area contributed by atoms with Gasteiger partial charge in [-0.05, 0) is 6.42 Å². The van der Waals surface area contributed by atoms with Gasteiger partial charge in [0.1, 0.15) is 6.04 Å². The van der Waals surface area contributed by atoms with Crippen LogP contribution in [0, 0.1) is 0 Å². The summed E-state index contributed by atoms with van der Waals surface area (Å²) in [6.07, 6.45) is 2.60. The molecule has 3 amide bonds. The Bertz CT molecular complexity index is 551. The van der Waals surface area contributed by atoms with Gasteiger partial charge in [-0.1, -0.05) is 0 Å². The van der Waals surface area contributed by atoms with Crippen LogP contribution in [0.1, 0.15) is 23.5 Å². The van der Waals surface area contributed by atoms with Crippen LogP contribution in [0.25, 0.3) is 0 Å². The maximum Gasteiger partial charge on any atom is 0.287 e. The maximum atomic E-state index is 11.8. The van der Waals surface area contributed by atoms with Gasteiger partial charge in [-0.3, -0.25) is 19.2 Å². The molecule has 1 heterocycles. The third-order valence-electron chi connectivity index (χ3n) is 2.61. The molecule has 9 heteroatoms. The lowest BCUT2D eigenvalue weighted by atomic mass is 10.1. The predicted octanol–water partition coefficient (Wildman–Crippen LogP) is -2.16. The molecule has 0 saturated carbocycles. The third-order valence-corrected chi connectivity index (χ3v) is 2.61. The smallest absolute Gasteiger partial charge is 0.287 e. The first-order valence-electron chi connectivity index (χ1n) is 5.73. The summed E-state index contributed by atoms with van der Waals surface area (Å²) in [6.45, 7) is 0. The first-order valence-corrected chi connectivity index (χ1v) is 5.73. The van der Waals surface area contributed by atoms with Crippen molar-refractivity contribution in [2.75, 3.05) is 0 Å². The number of hydrogen-bond donors (Lipinski definition) is 3. The van der Waals surface area contributed by atoms with Crippen molar-refractivity contribution in [3.05, 3.63) is 18.2 Å². The Kier molecular flexibility index (Phi) is 4.95. The quantitative estimate of drug-likeness (QED) is 0.486. The van der Waals surface area contributed by atoms with E-state index < -0.39 is 29.5 Å². The minimum Gasteiger partial charge on any atom is -0.368 e. The molecule has 0 aromatic carbocycles. The number of amides is 3. The first kappa shape index (κ1) is 15.3. The highest BCUT2D eigenvalue weighted by molar-refractivity contribution is 6.35. The molecule has 1 unspecified atom stereocenters. The van der Waals surface area contributed by atoms with Crippen LogP contribution in [-0.4, -0.2) is 39.1 Å². The SMILES string of the molecule is Cn1ccnc1C(=O)NC(CCC(=O)C(N)=O)C(N)=O. The summed E-state index contributed by atoms with van der Waals surface area (Å²) < 4.78 is 1.46. The molecule has 0 saturated heterocycles. The molecule has 0 aliphatic heterocycles. The van der Waals surface area contributed by atoms with Crippen LogP contribution >= 0.6 is 0 Å². The van der Waals surface area contributed by atoms with E-state index in [2.05, 4.69) is 10.3 Å². The second kappa shape index (κ2) is 6.45. The third kappa shape index (κ3) is 3.90. The Morgan fingerprint density at radius 1 is 1.35 bits per heavy atom. The van der Waals surface area contributed by atoms with Gasteiger partial charge in [-0.25, -0.2) is 4.98 Å². The van der Waals surface area contributed by atoms with Crippen LogP contribution in [0.4, 0.5) is 0 Å². The van der Waals surface area contributed by atoms with Crippen molar-refractivity contribution in [1.29, 1.82) is 0 Å². The second-order valence-electron chi connectivity index (χ2n) is 4.12. The van der Waals surface area contributed by atoms with Crippen molar-refractivity contribution in [3.63, 3.8) is 0 Å². The molecular formula is C11H15N5O4. The van der Waals surface area contributed by atoms with Gasteiger partial charge in [0.2, 0.25) is 11.7 Å². The van der Waals surface area contributed by atoms with Crippen molar-refractivity contribution in [1.82, 2.24) is 14.9 Å². The summed E-state index contributed by atoms with van der Waals surface area (Å²) in [5.74, 6) is -3.25. The highest BCUT2D eigenvalue weighted by atomic mass is 16.2. The number of Topliss-reactive ketones (excluding diaryl/α,β-unsaturated/α-hetero) is 1. The topological polar surface area (TPSA) is 150 Å². The highest BCUT2D eigenvalue weighted by Crippen LogP contribution is 2.01. The van der Waals surface area contributed by atoms with Crippen molar-refractivity contribution < 1.29 is 19.2 Å². The summed E-state index contributed by atoms with van der Waals surface area (Å²) in [5.41, 5.74) is 9.92. The maximum absolute atomic E-state index is 11.8. The summed E-state index contributed by atoms with van der Waals surface area (Å²) in [5, 5.41) is 2.35. The lowest BCUT2D eigenvalue weighted by Gasteiger charge is -2.14. The molecule has 0 aliphatic rings. The molecule has 0 radical (unpaired) electrons. The highest BCUT2D eigenvalue weighted by Gasteiger charge is 2.22. The summed E-state index contributed by atoms with van der Waals surface area (Å²) in [4.78, 5) is 48.5. The molecule has 1 rings (SSSR count). The van der Waals surface area contributed by atoms with Crippen LogP contribution in [0.5, 0.6) is 0 Å². The lowest BCUT2D eigenvalue weighted by Crippen LogP contribution is -2.45. The number of imidazole rings is 1. The monoisotopic (exact) mass is 281 g/mol. The zero-order valence-electron chi connectivity index (χ0n) is 10.8. The number of nitrogens with two attached hydrogens (primary N) is 2. The van der Waals surface area contributed by atoms with Crippen LogP contribution in [-0.2, 0) is 21.4 Å². The van der Waals surface area contributed by atoms with E-state index in [9.17, 15) is 19.2 Å². The molecule has 0 aliphatic carbocycles. The van der Waals surface area contributed by atoms with E-state index in [4.69, 9.17) is 11.5 Å². The van der Waals surface area contributed by atoms with Crippen molar-refractivity contribution in [2.45, 2.75) is 18.9 Å². The number of carbonyl (C=O) groups is 4. The van der Waals surface area contributed by atoms with Crippen molar-refractivity contribution in [2.24, 2.45) is 18.5 Å². The number of hydrogen-bond acceptors (Lipinski definition) is 5. The zero-order valence-corrected chi connectivity index (χ0v) is 10.8. The Morgan fingerprint density at radius 3 is 2.45 bits per heavy atom. The minimum absolute atomic E-state index is 0.0949. The van der Waals surface area contributed by atoms with E-state index in [0.717, 1.165) is 0 Å². The number of nitrogens with one attached hydrogen (secondary N) is 1. The number of aromatic nitrogens is 2. The summed E-state index contributed by atoms with van der Waals surface area (Å²) >= 11 is 0. The fourth-order valence-electron chi connectivity index (χ4n) is 1.49. The van der Waals surface area contributed by atoms with E-state index in [1.165, 1.54) is 10.8 Å². The Labute approximate surface area is 114 Å². The Hall–Kier alpha value is -2.71. The molecule has 0 spiro atoms. The van der Waals surface area contributed by atoms with Gasteiger partial charge in [0.15, 0.2) is 5.82 Å². The Balaban J connectivity index is 2.66. The van der Waals surface area contributed by atoms with E-state index in [0.29, 0.717) is 0 Å². The molecule has 1 atom stereocenters. The molecule has 5 N–H and O–H groups in total. The van der Waals surface area contributed by atoms with Crippen LogP contribution in [0.2, 0.25) is 0 Å². The van der Waals surface area contributed by atoms with Crippen LogP contribution < -0.4 is 16.8 Å². The lowest BCUT2D eigenvalue weighted by molar-refractivity contribution is -0.136. The number of nitrogens with zero attached hydrogens (tertiary/aromatic N) is 2. The van der Waals surface area contributed by atoms with Gasteiger partial charge in [0, 0.05) is 25.9 Å². The fraction of sp³-hybridized carbons (Fsp3) is 0.364. The second-order valence-corrected chi connectivity index (χ2v) is 4.12. The average molecular weight is 281 g/mol. The van der Waals surface area contributed by atoms with Crippen LogP contribution in [0.15, 0.2) is 12.4 Å². The molecule has 0 bridgehead atoms. The Morgan fingerprint density at radius 2 is 2.00 bits per heavy atom. The van der Waals surface area contributed by atoms with Crippen molar-refractivity contribution >= 4 is 23.5 Å². The number of primary amides is 2. The van der Waals surface area contributed by atoms with E-state index in [1.807, 2.05) is 0 Å². The summed E-state index contributed by atoms with van der Waals surface area (Å²) in [7, 11) is 1.61. The van der Waals surface area contributed by atoms with Crippen LogP contribution in [0.3, 0.4) is 0 Å². The molecular weight excluding hydrogens is 266 g/mol. The molecule has 20 heavy (non-hydrogen) atoms.